The predicted molar refractivity (Wildman–Crippen MR) is 95.3 cm³/mol. The van der Waals surface area contributed by atoms with Crippen LogP contribution in [0.5, 0.6) is 17.2 Å². The molecular weight excluding hydrogens is 398 g/mol. The molecular formula is C19H18BF5O4. The van der Waals surface area contributed by atoms with Gasteiger partial charge in [0.2, 0.25) is 5.82 Å². The van der Waals surface area contributed by atoms with Gasteiger partial charge in [0.05, 0.1) is 11.2 Å². The van der Waals surface area contributed by atoms with Gasteiger partial charge < -0.3 is 18.8 Å². The average Bonchev–Trinajstić information content (AvgIpc) is 2.78. The van der Waals surface area contributed by atoms with Gasteiger partial charge in [-0.05, 0) is 45.9 Å². The summed E-state index contributed by atoms with van der Waals surface area (Å²) in [6, 6.07) is 6.67. The van der Waals surface area contributed by atoms with Gasteiger partial charge in [-0.25, -0.2) is 4.39 Å². The minimum absolute atomic E-state index is 0.116. The van der Waals surface area contributed by atoms with Gasteiger partial charge in [0, 0.05) is 11.5 Å². The summed E-state index contributed by atoms with van der Waals surface area (Å²) < 4.78 is 86.2. The van der Waals surface area contributed by atoms with Crippen LogP contribution in [0.25, 0.3) is 0 Å². The average molecular weight is 416 g/mol. The summed E-state index contributed by atoms with van der Waals surface area (Å²) in [6.07, 6.45) is -5.06. The highest BCUT2D eigenvalue weighted by molar-refractivity contribution is 6.62. The maximum atomic E-state index is 14.6. The van der Waals surface area contributed by atoms with Crippen molar-refractivity contribution in [3.05, 3.63) is 48.0 Å². The molecule has 4 nitrogen and oxygen atoms in total. The van der Waals surface area contributed by atoms with E-state index in [0.717, 1.165) is 24.3 Å². The molecule has 29 heavy (non-hydrogen) atoms. The number of alkyl halides is 3. The zero-order valence-corrected chi connectivity index (χ0v) is 16.1. The number of benzene rings is 2. The van der Waals surface area contributed by atoms with Crippen molar-refractivity contribution in [2.24, 2.45) is 0 Å². The third kappa shape index (κ3) is 4.48. The lowest BCUT2D eigenvalue weighted by atomic mass is 9.78. The van der Waals surface area contributed by atoms with E-state index in [1.165, 1.54) is 12.1 Å². The van der Waals surface area contributed by atoms with Crippen molar-refractivity contribution in [2.45, 2.75) is 45.3 Å². The van der Waals surface area contributed by atoms with E-state index in [2.05, 4.69) is 4.74 Å². The van der Waals surface area contributed by atoms with Gasteiger partial charge in [0.15, 0.2) is 11.5 Å². The summed E-state index contributed by atoms with van der Waals surface area (Å²) in [5.74, 6) is -3.81. The van der Waals surface area contributed by atoms with Gasteiger partial charge in [-0.15, -0.1) is 13.2 Å². The maximum absolute atomic E-state index is 14.6. The molecule has 0 bridgehead atoms. The van der Waals surface area contributed by atoms with Crippen molar-refractivity contribution >= 4 is 12.6 Å². The fourth-order valence-electron chi connectivity index (χ4n) is 2.63. The highest BCUT2D eigenvalue weighted by atomic mass is 19.4. The molecule has 0 radical (unpaired) electrons. The number of halogens is 5. The van der Waals surface area contributed by atoms with Crippen LogP contribution in [0.15, 0.2) is 36.4 Å². The first-order chi connectivity index (χ1) is 13.3. The Labute approximate surface area is 164 Å². The van der Waals surface area contributed by atoms with Crippen LogP contribution in [-0.4, -0.2) is 24.7 Å². The van der Waals surface area contributed by atoms with E-state index in [-0.39, 0.29) is 11.2 Å². The van der Waals surface area contributed by atoms with Gasteiger partial charge in [-0.3, -0.25) is 0 Å². The third-order valence-corrected chi connectivity index (χ3v) is 4.86. The van der Waals surface area contributed by atoms with Crippen molar-refractivity contribution < 1.29 is 40.7 Å². The Morgan fingerprint density at radius 2 is 1.48 bits per heavy atom. The third-order valence-electron chi connectivity index (χ3n) is 4.86. The van der Waals surface area contributed by atoms with Crippen LogP contribution in [0.2, 0.25) is 0 Å². The molecule has 1 heterocycles. The monoisotopic (exact) mass is 416 g/mol. The highest BCUT2D eigenvalue weighted by Crippen LogP contribution is 2.37. The first-order valence-corrected chi connectivity index (χ1v) is 8.66. The van der Waals surface area contributed by atoms with Gasteiger partial charge >= 0.3 is 13.5 Å². The minimum atomic E-state index is -5.06. The smallest absolute Gasteiger partial charge is 0.454 e. The molecule has 2 aromatic rings. The minimum Gasteiger partial charge on any atom is -0.454 e. The Morgan fingerprint density at radius 3 is 2.03 bits per heavy atom. The van der Waals surface area contributed by atoms with Crippen molar-refractivity contribution in [1.29, 1.82) is 0 Å². The molecule has 0 N–H and O–H groups in total. The Bertz CT molecular complexity index is 898. The molecule has 0 unspecified atom stereocenters. The maximum Gasteiger partial charge on any atom is 0.573 e. The van der Waals surface area contributed by atoms with E-state index >= 15 is 0 Å². The summed E-state index contributed by atoms with van der Waals surface area (Å²) in [7, 11) is -0.950. The van der Waals surface area contributed by atoms with Crippen LogP contribution in [0.4, 0.5) is 22.0 Å². The largest absolute Gasteiger partial charge is 0.573 e. The SMILES string of the molecule is CC1(C)OB(c2ccc(Oc3cccc(OC(F)(F)F)c3F)cc2F)OC1(C)C. The second-order valence-electron chi connectivity index (χ2n) is 7.49. The second kappa shape index (κ2) is 7.18. The van der Waals surface area contributed by atoms with E-state index < -0.39 is 47.8 Å². The number of ether oxygens (including phenoxy) is 2. The molecule has 0 atom stereocenters. The van der Waals surface area contributed by atoms with Crippen molar-refractivity contribution in [1.82, 2.24) is 0 Å². The molecule has 0 saturated carbocycles. The van der Waals surface area contributed by atoms with Crippen molar-refractivity contribution in [3.8, 4) is 17.2 Å². The van der Waals surface area contributed by atoms with E-state index in [0.29, 0.717) is 0 Å². The lowest BCUT2D eigenvalue weighted by Crippen LogP contribution is -2.41. The molecule has 1 aliphatic heterocycles. The van der Waals surface area contributed by atoms with Crippen LogP contribution in [0.1, 0.15) is 27.7 Å². The molecule has 0 aliphatic carbocycles. The summed E-state index contributed by atoms with van der Waals surface area (Å²) in [5.41, 5.74) is -1.21. The molecule has 3 rings (SSSR count). The topological polar surface area (TPSA) is 36.9 Å². The molecule has 1 fully saturated rings. The first-order valence-electron chi connectivity index (χ1n) is 8.66. The number of hydrogen-bond donors (Lipinski definition) is 0. The van der Waals surface area contributed by atoms with E-state index in [4.69, 9.17) is 14.0 Å². The summed E-state index contributed by atoms with van der Waals surface area (Å²) in [6.45, 7) is 7.28. The second-order valence-corrected chi connectivity index (χ2v) is 7.49. The van der Waals surface area contributed by atoms with Gasteiger partial charge in [-0.2, -0.15) is 4.39 Å². The van der Waals surface area contributed by atoms with Crippen LogP contribution >= 0.6 is 0 Å². The van der Waals surface area contributed by atoms with Gasteiger partial charge in [0.1, 0.15) is 11.6 Å². The molecule has 0 aromatic heterocycles. The predicted octanol–water partition coefficient (Wildman–Crippen LogP) is 4.95. The summed E-state index contributed by atoms with van der Waals surface area (Å²) >= 11 is 0. The van der Waals surface area contributed by atoms with Crippen LogP contribution in [0, 0.1) is 11.6 Å². The van der Waals surface area contributed by atoms with E-state index in [9.17, 15) is 22.0 Å². The lowest BCUT2D eigenvalue weighted by Gasteiger charge is -2.32. The summed E-state index contributed by atoms with van der Waals surface area (Å²) in [5, 5.41) is 0. The fraction of sp³-hybridized carbons (Fsp3) is 0.368. The zero-order chi connectivity index (χ0) is 21.6. The number of rotatable bonds is 4. The molecule has 0 spiro atoms. The Balaban J connectivity index is 1.81. The van der Waals surface area contributed by atoms with Crippen LogP contribution in [-0.2, 0) is 9.31 Å². The van der Waals surface area contributed by atoms with Crippen molar-refractivity contribution in [2.75, 3.05) is 0 Å². The molecule has 1 saturated heterocycles. The van der Waals surface area contributed by atoms with E-state index in [1.807, 2.05) is 27.7 Å². The Hall–Kier alpha value is -2.33. The molecule has 10 heteroatoms. The lowest BCUT2D eigenvalue weighted by molar-refractivity contribution is -0.275. The quantitative estimate of drug-likeness (QED) is 0.522. The highest BCUT2D eigenvalue weighted by Gasteiger charge is 2.52. The fourth-order valence-corrected chi connectivity index (χ4v) is 2.63. The number of hydrogen-bond acceptors (Lipinski definition) is 4. The standard InChI is InChI=1S/C19H18BF5O4/c1-17(2)18(3,4)29-20(28-17)12-9-8-11(10-13(12)21)26-14-6-5-7-15(16(14)22)27-19(23,24)25/h5-10H,1-4H3. The molecule has 0 amide bonds. The van der Waals surface area contributed by atoms with Crippen molar-refractivity contribution in [3.63, 3.8) is 0 Å². The Morgan fingerprint density at radius 1 is 0.897 bits per heavy atom. The van der Waals surface area contributed by atoms with E-state index in [1.54, 1.807) is 0 Å². The van der Waals surface area contributed by atoms with Gasteiger partial charge in [0.25, 0.3) is 0 Å². The zero-order valence-electron chi connectivity index (χ0n) is 16.1. The first kappa shape index (κ1) is 21.4. The summed E-state index contributed by atoms with van der Waals surface area (Å²) in [4.78, 5) is 0. The van der Waals surface area contributed by atoms with Crippen LogP contribution < -0.4 is 14.9 Å². The van der Waals surface area contributed by atoms with Gasteiger partial charge in [-0.1, -0.05) is 12.1 Å². The molecule has 2 aromatic carbocycles. The normalized spacial score (nSPS) is 18.0. The molecule has 1 aliphatic rings. The Kier molecular flexibility index (Phi) is 5.29. The molecule has 156 valence electrons. The van der Waals surface area contributed by atoms with Crippen LogP contribution in [0.3, 0.4) is 0 Å².